The number of hydrogen-bond acceptors (Lipinski definition) is 3. The number of carbonyl (C=O) groups excluding carboxylic acids is 1. The highest BCUT2D eigenvalue weighted by Gasteiger charge is 2.66. The first kappa shape index (κ1) is 21.7. The number of likely N-dealkylation sites (tertiary alicyclic amines) is 2. The van der Waals surface area contributed by atoms with Crippen molar-refractivity contribution in [1.29, 1.82) is 0 Å². The van der Waals surface area contributed by atoms with E-state index >= 15 is 0 Å². The van der Waals surface area contributed by atoms with E-state index in [9.17, 15) is 4.79 Å². The largest absolute Gasteiger partial charge is 0.324 e. The topological polar surface area (TPSA) is 35.6 Å². The summed E-state index contributed by atoms with van der Waals surface area (Å²) in [6, 6.07) is 12.5. The van der Waals surface area contributed by atoms with Crippen LogP contribution in [0.4, 0.5) is 5.69 Å². The molecule has 0 bridgehead atoms. The van der Waals surface area contributed by atoms with Gasteiger partial charge in [0.05, 0.1) is 0 Å². The average molecular weight is 432 g/mol. The molecule has 4 heteroatoms. The molecule has 0 aromatic heterocycles. The standard InChI is InChI=1S/C28H37N3O/c1-15(2)20-9-11-21(12-10-20)23-14-24-26(30(23)7)19(6)28(31(24)8)22-13-16(3)17(4)18(5)25(22)29-27(28)32/h9-13,15,19,23-24,26H,14H2,1-8H3,(H,29,32)/t19-,23+,24-,26-,28-/m0/s1. The summed E-state index contributed by atoms with van der Waals surface area (Å²) >= 11 is 0. The molecule has 3 aliphatic heterocycles. The van der Waals surface area contributed by atoms with Gasteiger partial charge in [0.2, 0.25) is 5.91 Å². The first-order valence-corrected chi connectivity index (χ1v) is 12.1. The summed E-state index contributed by atoms with van der Waals surface area (Å²) < 4.78 is 0. The Labute approximate surface area is 193 Å². The van der Waals surface area contributed by atoms with Gasteiger partial charge in [0, 0.05) is 35.3 Å². The van der Waals surface area contributed by atoms with Crippen LogP contribution in [0.3, 0.4) is 0 Å². The molecule has 1 amide bonds. The number of carbonyl (C=O) groups is 1. The molecule has 2 aromatic rings. The van der Waals surface area contributed by atoms with Crippen LogP contribution in [-0.2, 0) is 10.3 Å². The minimum Gasteiger partial charge on any atom is -0.324 e. The minimum absolute atomic E-state index is 0.149. The number of likely N-dealkylation sites (N-methyl/N-ethyl adjacent to an activating group) is 2. The zero-order valence-electron chi connectivity index (χ0n) is 20.8. The van der Waals surface area contributed by atoms with Crippen molar-refractivity contribution in [2.75, 3.05) is 19.4 Å². The van der Waals surface area contributed by atoms with E-state index in [1.165, 1.54) is 33.4 Å². The van der Waals surface area contributed by atoms with Crippen LogP contribution < -0.4 is 5.32 Å². The molecule has 2 saturated heterocycles. The number of aryl methyl sites for hydroxylation is 1. The number of fused-ring (bicyclic) bond motifs is 3. The van der Waals surface area contributed by atoms with Gasteiger partial charge in [0.15, 0.2) is 0 Å². The van der Waals surface area contributed by atoms with Crippen LogP contribution in [0.25, 0.3) is 0 Å². The van der Waals surface area contributed by atoms with E-state index in [0.29, 0.717) is 24.0 Å². The summed E-state index contributed by atoms with van der Waals surface area (Å²) in [7, 11) is 4.44. The first-order chi connectivity index (χ1) is 15.1. The summed E-state index contributed by atoms with van der Waals surface area (Å²) in [5, 5.41) is 3.29. The second-order valence-corrected chi connectivity index (χ2v) is 10.8. The number of nitrogens with zero attached hydrogens (tertiary/aromatic N) is 2. The Bertz CT molecular complexity index is 1090. The lowest BCUT2D eigenvalue weighted by molar-refractivity contribution is -0.128. The average Bonchev–Trinajstić information content (AvgIpc) is 3.33. The Morgan fingerprint density at radius 1 is 1.06 bits per heavy atom. The molecule has 5 atom stereocenters. The van der Waals surface area contributed by atoms with Crippen LogP contribution in [-0.4, -0.2) is 41.9 Å². The molecule has 2 fully saturated rings. The fraction of sp³-hybridized carbons (Fsp3) is 0.536. The molecule has 3 aliphatic rings. The Morgan fingerprint density at radius 2 is 1.72 bits per heavy atom. The molecular weight excluding hydrogens is 394 g/mol. The van der Waals surface area contributed by atoms with Crippen molar-refractivity contribution in [1.82, 2.24) is 9.80 Å². The highest BCUT2D eigenvalue weighted by atomic mass is 16.2. The maximum absolute atomic E-state index is 13.7. The summed E-state index contributed by atoms with van der Waals surface area (Å²) in [6.07, 6.45) is 1.05. The van der Waals surface area contributed by atoms with Crippen molar-refractivity contribution < 1.29 is 4.79 Å². The van der Waals surface area contributed by atoms with Gasteiger partial charge < -0.3 is 5.32 Å². The molecule has 0 aliphatic carbocycles. The van der Waals surface area contributed by atoms with Gasteiger partial charge in [0.25, 0.3) is 0 Å². The van der Waals surface area contributed by atoms with Gasteiger partial charge in [-0.15, -0.1) is 0 Å². The molecule has 1 N–H and O–H groups in total. The lowest BCUT2D eigenvalue weighted by atomic mass is 9.77. The molecule has 0 unspecified atom stereocenters. The van der Waals surface area contributed by atoms with Gasteiger partial charge in [-0.3, -0.25) is 14.6 Å². The van der Waals surface area contributed by atoms with E-state index in [-0.39, 0.29) is 11.8 Å². The molecule has 0 radical (unpaired) electrons. The second-order valence-electron chi connectivity index (χ2n) is 10.8. The number of nitrogens with one attached hydrogen (secondary N) is 1. The smallest absolute Gasteiger partial charge is 0.249 e. The quantitative estimate of drug-likeness (QED) is 0.703. The fourth-order valence-electron chi connectivity index (χ4n) is 7.07. The molecule has 2 aromatic carbocycles. The third-order valence-electron chi connectivity index (χ3n) is 9.19. The predicted octanol–water partition coefficient (Wildman–Crippen LogP) is 5.28. The van der Waals surface area contributed by atoms with Crippen LogP contribution in [0.5, 0.6) is 0 Å². The minimum atomic E-state index is -0.589. The Balaban J connectivity index is 1.53. The molecule has 4 nitrogen and oxygen atoms in total. The SMILES string of the molecule is Cc1cc2c(c(C)c1C)NC(=O)[C@]21[C@@H](C)[C@H]2[C@H](C[C@H](c3ccc(C(C)C)cc3)N2C)N1C. The third kappa shape index (κ3) is 2.60. The van der Waals surface area contributed by atoms with Crippen LogP contribution in [0.15, 0.2) is 30.3 Å². The predicted molar refractivity (Wildman–Crippen MR) is 131 cm³/mol. The highest BCUT2D eigenvalue weighted by molar-refractivity contribution is 6.07. The van der Waals surface area contributed by atoms with Gasteiger partial charge in [-0.25, -0.2) is 0 Å². The van der Waals surface area contributed by atoms with Crippen molar-refractivity contribution in [2.24, 2.45) is 5.92 Å². The summed E-state index contributed by atoms with van der Waals surface area (Å²) in [6.45, 7) is 13.2. The van der Waals surface area contributed by atoms with Crippen molar-refractivity contribution in [2.45, 2.75) is 77.5 Å². The molecule has 5 rings (SSSR count). The lowest BCUT2D eigenvalue weighted by Crippen LogP contribution is -2.50. The zero-order valence-corrected chi connectivity index (χ0v) is 20.8. The van der Waals surface area contributed by atoms with Crippen molar-refractivity contribution in [3.63, 3.8) is 0 Å². The van der Waals surface area contributed by atoms with E-state index in [1.807, 2.05) is 0 Å². The van der Waals surface area contributed by atoms with Crippen molar-refractivity contribution in [3.05, 3.63) is 63.7 Å². The summed E-state index contributed by atoms with van der Waals surface area (Å²) in [5.41, 5.74) is 8.16. The molecule has 170 valence electrons. The van der Waals surface area contributed by atoms with Crippen LogP contribution in [0, 0.1) is 26.7 Å². The Kier molecular flexibility index (Phi) is 4.85. The van der Waals surface area contributed by atoms with Crippen LogP contribution in [0.2, 0.25) is 0 Å². The maximum Gasteiger partial charge on any atom is 0.249 e. The number of rotatable bonds is 2. The monoisotopic (exact) mass is 431 g/mol. The van der Waals surface area contributed by atoms with E-state index in [1.54, 1.807) is 0 Å². The van der Waals surface area contributed by atoms with Crippen molar-refractivity contribution >= 4 is 11.6 Å². The zero-order chi connectivity index (χ0) is 23.1. The molecule has 0 saturated carbocycles. The molecular formula is C28H37N3O. The van der Waals surface area contributed by atoms with Gasteiger partial charge in [-0.1, -0.05) is 51.1 Å². The summed E-state index contributed by atoms with van der Waals surface area (Å²) in [4.78, 5) is 18.6. The van der Waals surface area contributed by atoms with Crippen LogP contribution in [0.1, 0.15) is 72.5 Å². The van der Waals surface area contributed by atoms with Crippen molar-refractivity contribution in [3.8, 4) is 0 Å². The first-order valence-electron chi connectivity index (χ1n) is 12.1. The molecule has 32 heavy (non-hydrogen) atoms. The van der Waals surface area contributed by atoms with Gasteiger partial charge in [-0.05, 0) is 75.0 Å². The number of anilines is 1. The number of amides is 1. The number of benzene rings is 2. The molecule has 3 heterocycles. The lowest BCUT2D eigenvalue weighted by Gasteiger charge is -2.38. The second kappa shape index (κ2) is 7.16. The van der Waals surface area contributed by atoms with E-state index in [4.69, 9.17) is 0 Å². The van der Waals surface area contributed by atoms with Gasteiger partial charge in [0.1, 0.15) is 5.54 Å². The normalized spacial score (nSPS) is 32.1. The van der Waals surface area contributed by atoms with Gasteiger partial charge in [-0.2, -0.15) is 0 Å². The maximum atomic E-state index is 13.7. The number of hydrogen-bond donors (Lipinski definition) is 1. The fourth-order valence-corrected chi connectivity index (χ4v) is 7.07. The molecule has 1 spiro atoms. The van der Waals surface area contributed by atoms with E-state index in [2.05, 4.69) is 101 Å². The Morgan fingerprint density at radius 3 is 2.31 bits per heavy atom. The third-order valence-corrected chi connectivity index (χ3v) is 9.19. The van der Waals surface area contributed by atoms with Crippen LogP contribution >= 0.6 is 0 Å². The van der Waals surface area contributed by atoms with Gasteiger partial charge >= 0.3 is 0 Å². The highest BCUT2D eigenvalue weighted by Crippen LogP contribution is 2.58. The summed E-state index contributed by atoms with van der Waals surface area (Å²) in [5.74, 6) is 0.897. The van der Waals surface area contributed by atoms with E-state index in [0.717, 1.165) is 12.1 Å². The Hall–Kier alpha value is -2.17. The van der Waals surface area contributed by atoms with E-state index < -0.39 is 5.54 Å².